The average Bonchev–Trinajstić information content (AvgIpc) is 2.74. The maximum absolute atomic E-state index is 13.6. The van der Waals surface area contributed by atoms with Gasteiger partial charge in [-0.25, -0.2) is 8.78 Å². The number of carbonyl (C=O) groups is 1. The van der Waals surface area contributed by atoms with Gasteiger partial charge in [0.15, 0.2) is 0 Å². The van der Waals surface area contributed by atoms with Crippen molar-refractivity contribution < 1.29 is 49.8 Å². The Balaban J connectivity index is 2.25. The van der Waals surface area contributed by atoms with E-state index in [0.717, 1.165) is 24.3 Å². The van der Waals surface area contributed by atoms with Gasteiger partial charge in [-0.3, -0.25) is 4.79 Å². The van der Waals surface area contributed by atoms with E-state index in [1.54, 1.807) is 6.92 Å². The van der Waals surface area contributed by atoms with Gasteiger partial charge in [-0.1, -0.05) is 13.0 Å². The zero-order valence-corrected chi connectivity index (χ0v) is 19.7. The third-order valence-electron chi connectivity index (χ3n) is 5.20. The van der Waals surface area contributed by atoms with Crippen molar-refractivity contribution in [3.8, 4) is 22.6 Å². The third-order valence-corrected chi connectivity index (χ3v) is 5.41. The molecule has 0 saturated heterocycles. The van der Waals surface area contributed by atoms with Crippen LogP contribution in [0.2, 0.25) is 0 Å². The first-order chi connectivity index (χ1) is 17.0. The van der Waals surface area contributed by atoms with Gasteiger partial charge in [0.2, 0.25) is 0 Å². The molecule has 0 heterocycles. The molecular formula is C25H18F8O3S. The molecule has 0 fully saturated rings. The normalized spacial score (nSPS) is 13.8. The summed E-state index contributed by atoms with van der Waals surface area (Å²) in [4.78, 5) is 11.9. The number of thiol groups is 1. The van der Waals surface area contributed by atoms with Gasteiger partial charge in [0.05, 0.1) is 17.0 Å². The molecule has 0 aliphatic rings. The molecule has 0 aliphatic heterocycles. The SMILES string of the molecule is CC(S)CC(C(=O)O)c1cc(Oc2cc(F)cc(F)c2)cc(-c2cc(C(F)(F)F)cc(C(F)(F)F)c2)c1. The zero-order chi connectivity index (χ0) is 27.7. The second-order valence-corrected chi connectivity index (χ2v) is 9.15. The van der Waals surface area contributed by atoms with E-state index < -0.39 is 57.8 Å². The van der Waals surface area contributed by atoms with Crippen molar-refractivity contribution in [1.29, 1.82) is 0 Å². The fourth-order valence-corrected chi connectivity index (χ4v) is 3.83. The summed E-state index contributed by atoms with van der Waals surface area (Å²) in [7, 11) is 0. The first-order valence-electron chi connectivity index (χ1n) is 10.5. The molecule has 2 unspecified atom stereocenters. The minimum absolute atomic E-state index is 0.0243. The predicted octanol–water partition coefficient (Wildman–Crippen LogP) is 8.34. The Kier molecular flexibility index (Phi) is 8.11. The summed E-state index contributed by atoms with van der Waals surface area (Å²) in [5.74, 6) is -5.25. The van der Waals surface area contributed by atoms with E-state index in [1.807, 2.05) is 0 Å². The number of ether oxygens (including phenoxy) is 1. The Morgan fingerprint density at radius 3 is 1.76 bits per heavy atom. The van der Waals surface area contributed by atoms with Crippen molar-refractivity contribution in [2.75, 3.05) is 0 Å². The Bertz CT molecular complexity index is 1250. The Morgan fingerprint density at radius 2 is 1.30 bits per heavy atom. The number of alkyl halides is 6. The highest BCUT2D eigenvalue weighted by molar-refractivity contribution is 7.80. The van der Waals surface area contributed by atoms with E-state index in [9.17, 15) is 45.0 Å². The van der Waals surface area contributed by atoms with Crippen molar-refractivity contribution in [2.24, 2.45) is 0 Å². The smallest absolute Gasteiger partial charge is 0.416 e. The lowest BCUT2D eigenvalue weighted by Gasteiger charge is -2.19. The molecule has 37 heavy (non-hydrogen) atoms. The van der Waals surface area contributed by atoms with Gasteiger partial charge in [0.1, 0.15) is 23.1 Å². The van der Waals surface area contributed by atoms with Crippen molar-refractivity contribution in [2.45, 2.75) is 36.9 Å². The van der Waals surface area contributed by atoms with Crippen LogP contribution < -0.4 is 4.74 Å². The number of hydrogen-bond donors (Lipinski definition) is 2. The molecule has 1 N–H and O–H groups in total. The number of aliphatic carboxylic acids is 1. The van der Waals surface area contributed by atoms with Gasteiger partial charge in [-0.05, 0) is 58.7 Å². The summed E-state index contributed by atoms with van der Waals surface area (Å²) in [6.45, 7) is 1.60. The summed E-state index contributed by atoms with van der Waals surface area (Å²) >= 11 is 4.17. The molecular weight excluding hydrogens is 532 g/mol. The van der Waals surface area contributed by atoms with E-state index >= 15 is 0 Å². The van der Waals surface area contributed by atoms with E-state index in [0.29, 0.717) is 18.2 Å². The van der Waals surface area contributed by atoms with Gasteiger partial charge in [0, 0.05) is 18.2 Å². The van der Waals surface area contributed by atoms with Crippen molar-refractivity contribution >= 4 is 18.6 Å². The Hall–Kier alpha value is -3.28. The van der Waals surface area contributed by atoms with Crippen LogP contribution in [0.1, 0.15) is 36.0 Å². The molecule has 2 atom stereocenters. The quantitative estimate of drug-likeness (QED) is 0.230. The highest BCUT2D eigenvalue weighted by atomic mass is 32.1. The molecule has 3 aromatic carbocycles. The molecule has 3 nitrogen and oxygen atoms in total. The Morgan fingerprint density at radius 1 is 0.811 bits per heavy atom. The minimum atomic E-state index is -5.11. The van der Waals surface area contributed by atoms with E-state index in [2.05, 4.69) is 12.6 Å². The topological polar surface area (TPSA) is 46.5 Å². The van der Waals surface area contributed by atoms with Gasteiger partial charge >= 0.3 is 18.3 Å². The zero-order valence-electron chi connectivity index (χ0n) is 18.8. The highest BCUT2D eigenvalue weighted by Crippen LogP contribution is 2.41. The molecule has 198 valence electrons. The lowest BCUT2D eigenvalue weighted by Crippen LogP contribution is -2.15. The average molecular weight is 550 g/mol. The number of carboxylic acid groups (broad SMARTS) is 1. The number of halogens is 8. The summed E-state index contributed by atoms with van der Waals surface area (Å²) in [5, 5.41) is 9.27. The summed E-state index contributed by atoms with van der Waals surface area (Å²) < 4.78 is 113. The van der Waals surface area contributed by atoms with Gasteiger partial charge in [0.25, 0.3) is 0 Å². The van der Waals surface area contributed by atoms with Crippen LogP contribution in [0.25, 0.3) is 11.1 Å². The van der Waals surface area contributed by atoms with Crippen LogP contribution in [-0.4, -0.2) is 16.3 Å². The predicted molar refractivity (Wildman–Crippen MR) is 122 cm³/mol. The summed E-state index contributed by atoms with van der Waals surface area (Å²) in [6, 6.07) is 6.44. The van der Waals surface area contributed by atoms with Crippen LogP contribution in [0.15, 0.2) is 54.6 Å². The van der Waals surface area contributed by atoms with Crippen molar-refractivity contribution in [1.82, 2.24) is 0 Å². The van der Waals surface area contributed by atoms with Crippen LogP contribution >= 0.6 is 12.6 Å². The highest BCUT2D eigenvalue weighted by Gasteiger charge is 2.37. The third kappa shape index (κ3) is 7.37. The fourth-order valence-electron chi connectivity index (χ4n) is 3.61. The largest absolute Gasteiger partial charge is 0.481 e. The molecule has 0 aromatic heterocycles. The molecule has 0 saturated carbocycles. The minimum Gasteiger partial charge on any atom is -0.481 e. The van der Waals surface area contributed by atoms with Crippen LogP contribution in [-0.2, 0) is 17.1 Å². The number of hydrogen-bond acceptors (Lipinski definition) is 3. The van der Waals surface area contributed by atoms with Crippen molar-refractivity contribution in [3.05, 3.63) is 82.9 Å². The van der Waals surface area contributed by atoms with E-state index in [1.165, 1.54) is 6.07 Å². The van der Waals surface area contributed by atoms with Crippen LogP contribution in [0.5, 0.6) is 11.5 Å². The van der Waals surface area contributed by atoms with Crippen LogP contribution in [0.4, 0.5) is 35.1 Å². The molecule has 3 aromatic rings. The first kappa shape index (κ1) is 28.3. The lowest BCUT2D eigenvalue weighted by molar-refractivity contribution is -0.143. The maximum Gasteiger partial charge on any atom is 0.416 e. The second kappa shape index (κ2) is 10.6. The first-order valence-corrected chi connectivity index (χ1v) is 11.0. The van der Waals surface area contributed by atoms with E-state index in [-0.39, 0.29) is 35.1 Å². The van der Waals surface area contributed by atoms with Gasteiger partial charge in [-0.2, -0.15) is 39.0 Å². The van der Waals surface area contributed by atoms with E-state index in [4.69, 9.17) is 4.74 Å². The van der Waals surface area contributed by atoms with Crippen LogP contribution in [0, 0.1) is 11.6 Å². The molecule has 3 rings (SSSR count). The van der Waals surface area contributed by atoms with Crippen molar-refractivity contribution in [3.63, 3.8) is 0 Å². The molecule has 0 aliphatic carbocycles. The molecule has 0 amide bonds. The Labute approximate surface area is 211 Å². The molecule has 0 bridgehead atoms. The molecule has 12 heteroatoms. The molecule has 0 radical (unpaired) electrons. The number of carboxylic acids is 1. The summed E-state index contributed by atoms with van der Waals surface area (Å²) in [6.07, 6.45) is -10.3. The maximum atomic E-state index is 13.6. The number of benzene rings is 3. The van der Waals surface area contributed by atoms with Gasteiger partial charge in [-0.15, -0.1) is 0 Å². The monoisotopic (exact) mass is 550 g/mol. The lowest BCUT2D eigenvalue weighted by atomic mass is 9.90. The van der Waals surface area contributed by atoms with Crippen LogP contribution in [0.3, 0.4) is 0 Å². The fraction of sp³-hybridized carbons (Fsp3) is 0.240. The summed E-state index contributed by atoms with van der Waals surface area (Å²) in [5.41, 5.74) is -3.93. The molecule has 0 spiro atoms. The number of rotatable bonds is 7. The van der Waals surface area contributed by atoms with Gasteiger partial charge < -0.3 is 9.84 Å². The standard InChI is InChI=1S/C25H18F8O3S/c1-12(37)2-22(23(34)35)15-3-13(6-20(7-15)36-21-10-18(26)9-19(27)11-21)14-4-16(24(28,29)30)8-17(5-14)25(31,32)33/h3-12,22,37H,2H2,1H3,(H,34,35). The second-order valence-electron chi connectivity index (χ2n) is 8.27.